The second kappa shape index (κ2) is 5.09. The van der Waals surface area contributed by atoms with E-state index >= 15 is 0 Å². The van der Waals surface area contributed by atoms with Crippen LogP contribution in [0.15, 0.2) is 24.7 Å². The van der Waals surface area contributed by atoms with E-state index in [1.165, 1.54) is 12.4 Å². The zero-order valence-electron chi connectivity index (χ0n) is 11.0. The van der Waals surface area contributed by atoms with Gasteiger partial charge >= 0.3 is 5.97 Å². The second-order valence-electron chi connectivity index (χ2n) is 4.47. The summed E-state index contributed by atoms with van der Waals surface area (Å²) in [7, 11) is 0. The van der Waals surface area contributed by atoms with Gasteiger partial charge in [0.15, 0.2) is 5.75 Å². The van der Waals surface area contributed by atoms with Crippen LogP contribution in [0.25, 0.3) is 0 Å². The van der Waals surface area contributed by atoms with Crippen LogP contribution in [0.5, 0.6) is 11.6 Å². The van der Waals surface area contributed by atoms with E-state index in [0.717, 1.165) is 0 Å². The Morgan fingerprint density at radius 1 is 1.47 bits per heavy atom. The molecule has 19 heavy (non-hydrogen) atoms. The van der Waals surface area contributed by atoms with Gasteiger partial charge in [0.1, 0.15) is 5.56 Å². The molecule has 2 aromatic rings. The van der Waals surface area contributed by atoms with Gasteiger partial charge in [-0.25, -0.2) is 9.78 Å². The van der Waals surface area contributed by atoms with Crippen LogP contribution >= 0.6 is 0 Å². The SMILES string of the molecule is Cc1ccnc(Oc2cnn(C(C)C)c2)c1C(=O)O. The van der Waals surface area contributed by atoms with E-state index in [0.29, 0.717) is 11.3 Å². The van der Waals surface area contributed by atoms with Gasteiger partial charge in [-0.1, -0.05) is 0 Å². The third-order valence-electron chi connectivity index (χ3n) is 2.66. The van der Waals surface area contributed by atoms with E-state index in [-0.39, 0.29) is 17.5 Å². The van der Waals surface area contributed by atoms with Crippen LogP contribution < -0.4 is 4.74 Å². The van der Waals surface area contributed by atoms with E-state index in [2.05, 4.69) is 10.1 Å². The van der Waals surface area contributed by atoms with Crippen molar-refractivity contribution in [3.05, 3.63) is 35.8 Å². The number of hydrogen-bond acceptors (Lipinski definition) is 4. The molecule has 1 N–H and O–H groups in total. The van der Waals surface area contributed by atoms with Gasteiger partial charge in [-0.3, -0.25) is 4.68 Å². The minimum Gasteiger partial charge on any atom is -0.477 e. The lowest BCUT2D eigenvalue weighted by Crippen LogP contribution is -2.04. The van der Waals surface area contributed by atoms with Crippen molar-refractivity contribution < 1.29 is 14.6 Å². The number of aromatic nitrogens is 3. The molecule has 6 nitrogen and oxygen atoms in total. The summed E-state index contributed by atoms with van der Waals surface area (Å²) in [6, 6.07) is 1.84. The third-order valence-corrected chi connectivity index (χ3v) is 2.66. The van der Waals surface area contributed by atoms with E-state index in [1.54, 1.807) is 23.9 Å². The van der Waals surface area contributed by atoms with Gasteiger partial charge in [-0.05, 0) is 32.4 Å². The van der Waals surface area contributed by atoms with Crippen molar-refractivity contribution in [3.8, 4) is 11.6 Å². The Morgan fingerprint density at radius 3 is 2.79 bits per heavy atom. The molecule has 0 atom stereocenters. The lowest BCUT2D eigenvalue weighted by Gasteiger charge is -2.07. The number of pyridine rings is 1. The normalized spacial score (nSPS) is 10.7. The highest BCUT2D eigenvalue weighted by atomic mass is 16.5. The summed E-state index contributed by atoms with van der Waals surface area (Å²) in [4.78, 5) is 15.2. The summed E-state index contributed by atoms with van der Waals surface area (Å²) >= 11 is 0. The van der Waals surface area contributed by atoms with Gasteiger partial charge in [-0.15, -0.1) is 0 Å². The molecular formula is C13H15N3O3. The van der Waals surface area contributed by atoms with Crippen LogP contribution in [-0.4, -0.2) is 25.8 Å². The molecule has 0 aliphatic rings. The lowest BCUT2D eigenvalue weighted by atomic mass is 10.1. The molecule has 0 amide bonds. The maximum atomic E-state index is 11.2. The van der Waals surface area contributed by atoms with Crippen molar-refractivity contribution in [1.82, 2.24) is 14.8 Å². The van der Waals surface area contributed by atoms with Gasteiger partial charge in [0.05, 0.1) is 12.4 Å². The molecule has 6 heteroatoms. The van der Waals surface area contributed by atoms with E-state index in [1.807, 2.05) is 13.8 Å². The first-order valence-electron chi connectivity index (χ1n) is 5.90. The third kappa shape index (κ3) is 2.73. The van der Waals surface area contributed by atoms with Crippen LogP contribution in [0.4, 0.5) is 0 Å². The van der Waals surface area contributed by atoms with Gasteiger partial charge in [0, 0.05) is 12.2 Å². The maximum Gasteiger partial charge on any atom is 0.341 e. The fraction of sp³-hybridized carbons (Fsp3) is 0.308. The first-order valence-corrected chi connectivity index (χ1v) is 5.90. The van der Waals surface area contributed by atoms with Crippen LogP contribution in [-0.2, 0) is 0 Å². The van der Waals surface area contributed by atoms with Crippen molar-refractivity contribution in [2.45, 2.75) is 26.8 Å². The number of hydrogen-bond donors (Lipinski definition) is 1. The Morgan fingerprint density at radius 2 is 2.21 bits per heavy atom. The highest BCUT2D eigenvalue weighted by Crippen LogP contribution is 2.25. The summed E-state index contributed by atoms with van der Waals surface area (Å²) in [6.45, 7) is 5.68. The zero-order valence-corrected chi connectivity index (χ0v) is 11.0. The molecule has 100 valence electrons. The number of carbonyl (C=O) groups is 1. The Kier molecular flexibility index (Phi) is 3.50. The van der Waals surface area contributed by atoms with E-state index < -0.39 is 5.97 Å². The smallest absolute Gasteiger partial charge is 0.341 e. The molecule has 0 saturated carbocycles. The van der Waals surface area contributed by atoms with Gasteiger partial charge in [0.2, 0.25) is 5.88 Å². The molecule has 0 unspecified atom stereocenters. The predicted octanol–water partition coefficient (Wildman–Crippen LogP) is 2.66. The van der Waals surface area contributed by atoms with Gasteiger partial charge < -0.3 is 9.84 Å². The highest BCUT2D eigenvalue weighted by molar-refractivity contribution is 5.91. The first-order chi connectivity index (χ1) is 8.99. The average molecular weight is 261 g/mol. The zero-order chi connectivity index (χ0) is 14.0. The summed E-state index contributed by atoms with van der Waals surface area (Å²) in [5.41, 5.74) is 0.675. The molecule has 0 fully saturated rings. The molecule has 0 aliphatic heterocycles. The number of carboxylic acids is 1. The number of carboxylic acid groups (broad SMARTS) is 1. The minimum atomic E-state index is -1.06. The Hall–Kier alpha value is -2.37. The van der Waals surface area contributed by atoms with Crippen molar-refractivity contribution in [2.75, 3.05) is 0 Å². The number of nitrogens with zero attached hydrogens (tertiary/aromatic N) is 3. The van der Waals surface area contributed by atoms with Crippen LogP contribution in [0.2, 0.25) is 0 Å². The number of aromatic carboxylic acids is 1. The molecular weight excluding hydrogens is 246 g/mol. The first kappa shape index (κ1) is 13.1. The molecule has 2 heterocycles. The average Bonchev–Trinajstić information content (AvgIpc) is 2.77. The summed E-state index contributed by atoms with van der Waals surface area (Å²) in [5, 5.41) is 13.3. The molecule has 2 aromatic heterocycles. The van der Waals surface area contributed by atoms with Crippen molar-refractivity contribution in [3.63, 3.8) is 0 Å². The van der Waals surface area contributed by atoms with Gasteiger partial charge in [0.25, 0.3) is 0 Å². The number of aryl methyl sites for hydroxylation is 1. The standard InChI is InChI=1S/C13H15N3O3/c1-8(2)16-7-10(6-15-16)19-12-11(13(17)18)9(3)4-5-14-12/h4-8H,1-3H3,(H,17,18). The van der Waals surface area contributed by atoms with Crippen LogP contribution in [0.3, 0.4) is 0 Å². The fourth-order valence-corrected chi connectivity index (χ4v) is 1.64. The molecule has 0 saturated heterocycles. The quantitative estimate of drug-likeness (QED) is 0.915. The van der Waals surface area contributed by atoms with E-state index in [4.69, 9.17) is 4.74 Å². The molecule has 0 bridgehead atoms. The summed E-state index contributed by atoms with van der Waals surface area (Å²) < 4.78 is 7.23. The molecule has 0 spiro atoms. The van der Waals surface area contributed by atoms with Crippen LogP contribution in [0.1, 0.15) is 35.8 Å². The predicted molar refractivity (Wildman–Crippen MR) is 68.6 cm³/mol. The van der Waals surface area contributed by atoms with Crippen LogP contribution in [0, 0.1) is 6.92 Å². The van der Waals surface area contributed by atoms with Crippen molar-refractivity contribution in [2.24, 2.45) is 0 Å². The topological polar surface area (TPSA) is 77.2 Å². The second-order valence-corrected chi connectivity index (χ2v) is 4.47. The molecule has 0 radical (unpaired) electrons. The summed E-state index contributed by atoms with van der Waals surface area (Å²) in [5.74, 6) is -0.512. The maximum absolute atomic E-state index is 11.2. The highest BCUT2D eigenvalue weighted by Gasteiger charge is 2.17. The number of rotatable bonds is 4. The monoisotopic (exact) mass is 261 g/mol. The summed E-state index contributed by atoms with van der Waals surface area (Å²) in [6.07, 6.45) is 4.76. The molecule has 0 aliphatic carbocycles. The Balaban J connectivity index is 2.32. The minimum absolute atomic E-state index is 0.0693. The molecule has 2 rings (SSSR count). The largest absolute Gasteiger partial charge is 0.477 e. The Labute approximate surface area is 110 Å². The molecule has 0 aromatic carbocycles. The lowest BCUT2D eigenvalue weighted by molar-refractivity contribution is 0.0692. The fourth-order valence-electron chi connectivity index (χ4n) is 1.64. The van der Waals surface area contributed by atoms with E-state index in [9.17, 15) is 9.90 Å². The van der Waals surface area contributed by atoms with Crippen molar-refractivity contribution >= 4 is 5.97 Å². The Bertz CT molecular complexity index is 605. The number of ether oxygens (including phenoxy) is 1. The van der Waals surface area contributed by atoms with Crippen molar-refractivity contribution in [1.29, 1.82) is 0 Å². The van der Waals surface area contributed by atoms with Gasteiger partial charge in [-0.2, -0.15) is 5.10 Å².